The number of aromatic nitrogens is 2. The van der Waals surface area contributed by atoms with Crippen LogP contribution in [0.2, 0.25) is 0 Å². The standard InChI is InChI=1S/C10H13BrN2O4/c1-5(2)13-9(16)8(11)6(3)12(10(13)17)4-7(14)15/h5H,4H2,1-3H3,(H,14,15). The van der Waals surface area contributed by atoms with Crippen molar-refractivity contribution in [1.82, 2.24) is 9.13 Å². The Balaban J connectivity index is 3.68. The molecule has 1 aromatic rings. The number of rotatable bonds is 3. The van der Waals surface area contributed by atoms with E-state index < -0.39 is 23.8 Å². The highest BCUT2D eigenvalue weighted by molar-refractivity contribution is 9.10. The summed E-state index contributed by atoms with van der Waals surface area (Å²) in [7, 11) is 0. The van der Waals surface area contributed by atoms with Crippen LogP contribution in [-0.4, -0.2) is 20.2 Å². The Morgan fingerprint density at radius 3 is 2.35 bits per heavy atom. The number of carbonyl (C=O) groups is 1. The Bertz CT molecular complexity index is 571. The predicted molar refractivity (Wildman–Crippen MR) is 65.4 cm³/mol. The molecule has 0 amide bonds. The first-order valence-corrected chi connectivity index (χ1v) is 5.80. The first-order valence-electron chi connectivity index (χ1n) is 5.00. The molecular weight excluding hydrogens is 292 g/mol. The summed E-state index contributed by atoms with van der Waals surface area (Å²) in [5.41, 5.74) is -0.725. The lowest BCUT2D eigenvalue weighted by Crippen LogP contribution is -2.43. The third-order valence-electron chi connectivity index (χ3n) is 2.38. The number of nitrogens with zero attached hydrogens (tertiary/aromatic N) is 2. The topological polar surface area (TPSA) is 81.3 Å². The van der Waals surface area contributed by atoms with Gasteiger partial charge in [0.2, 0.25) is 0 Å². The van der Waals surface area contributed by atoms with Crippen LogP contribution in [0.4, 0.5) is 0 Å². The quantitative estimate of drug-likeness (QED) is 0.893. The average molecular weight is 305 g/mol. The average Bonchev–Trinajstić information content (AvgIpc) is 2.21. The lowest BCUT2D eigenvalue weighted by atomic mass is 10.3. The number of hydrogen-bond acceptors (Lipinski definition) is 3. The van der Waals surface area contributed by atoms with Crippen LogP contribution in [0.5, 0.6) is 0 Å². The number of aliphatic carboxylic acids is 1. The van der Waals surface area contributed by atoms with Gasteiger partial charge in [-0.3, -0.25) is 18.7 Å². The minimum Gasteiger partial charge on any atom is -0.480 e. The minimum absolute atomic E-state index is 0.215. The summed E-state index contributed by atoms with van der Waals surface area (Å²) >= 11 is 3.09. The van der Waals surface area contributed by atoms with E-state index in [1.807, 2.05) is 0 Å². The van der Waals surface area contributed by atoms with Crippen molar-refractivity contribution >= 4 is 21.9 Å². The molecule has 0 aromatic carbocycles. The molecule has 0 atom stereocenters. The summed E-state index contributed by atoms with van der Waals surface area (Å²) in [6.07, 6.45) is 0. The molecule has 0 unspecified atom stereocenters. The summed E-state index contributed by atoms with van der Waals surface area (Å²) in [5.74, 6) is -1.13. The van der Waals surface area contributed by atoms with Gasteiger partial charge in [0.05, 0.1) is 0 Å². The van der Waals surface area contributed by atoms with Gasteiger partial charge in [-0.15, -0.1) is 0 Å². The highest BCUT2D eigenvalue weighted by Gasteiger charge is 2.17. The Kier molecular flexibility index (Phi) is 3.92. The molecule has 17 heavy (non-hydrogen) atoms. The second-order valence-corrected chi connectivity index (χ2v) is 4.72. The SMILES string of the molecule is Cc1c(Br)c(=O)n(C(C)C)c(=O)n1CC(=O)O. The Morgan fingerprint density at radius 2 is 1.94 bits per heavy atom. The van der Waals surface area contributed by atoms with E-state index in [0.29, 0.717) is 5.69 Å². The van der Waals surface area contributed by atoms with Crippen LogP contribution in [0.25, 0.3) is 0 Å². The van der Waals surface area contributed by atoms with Crippen molar-refractivity contribution in [1.29, 1.82) is 0 Å². The van der Waals surface area contributed by atoms with E-state index in [-0.39, 0.29) is 10.5 Å². The third-order valence-corrected chi connectivity index (χ3v) is 3.29. The molecule has 0 spiro atoms. The summed E-state index contributed by atoms with van der Waals surface area (Å²) in [5, 5.41) is 8.74. The fourth-order valence-corrected chi connectivity index (χ4v) is 1.92. The molecule has 0 aliphatic heterocycles. The highest BCUT2D eigenvalue weighted by atomic mass is 79.9. The summed E-state index contributed by atoms with van der Waals surface area (Å²) in [6.45, 7) is 4.45. The van der Waals surface area contributed by atoms with Crippen LogP contribution < -0.4 is 11.2 Å². The van der Waals surface area contributed by atoms with E-state index in [1.165, 1.54) is 6.92 Å². The smallest absolute Gasteiger partial charge is 0.332 e. The molecule has 1 N–H and O–H groups in total. The fraction of sp³-hybridized carbons (Fsp3) is 0.500. The normalized spacial score (nSPS) is 10.9. The third kappa shape index (κ3) is 2.49. The predicted octanol–water partition coefficient (Wildman–Crippen LogP) is 0.746. The van der Waals surface area contributed by atoms with E-state index in [2.05, 4.69) is 15.9 Å². The second kappa shape index (κ2) is 4.87. The summed E-state index contributed by atoms with van der Waals surface area (Å²) < 4.78 is 2.31. The van der Waals surface area contributed by atoms with Crippen molar-refractivity contribution in [3.05, 3.63) is 31.0 Å². The minimum atomic E-state index is -1.13. The van der Waals surface area contributed by atoms with Gasteiger partial charge >= 0.3 is 11.7 Å². The Hall–Kier alpha value is -1.37. The van der Waals surface area contributed by atoms with Crippen LogP contribution in [0.1, 0.15) is 25.6 Å². The molecule has 94 valence electrons. The molecule has 0 radical (unpaired) electrons. The molecule has 0 saturated carbocycles. The monoisotopic (exact) mass is 304 g/mol. The summed E-state index contributed by atoms with van der Waals surface area (Å²) in [4.78, 5) is 34.5. The number of carboxylic acid groups (broad SMARTS) is 1. The Morgan fingerprint density at radius 1 is 1.41 bits per heavy atom. The molecule has 1 aromatic heterocycles. The molecule has 1 heterocycles. The van der Waals surface area contributed by atoms with Gasteiger partial charge in [0.1, 0.15) is 11.0 Å². The van der Waals surface area contributed by atoms with Crippen molar-refractivity contribution < 1.29 is 9.90 Å². The maximum atomic E-state index is 12.0. The van der Waals surface area contributed by atoms with E-state index in [4.69, 9.17) is 5.11 Å². The molecular formula is C10H13BrN2O4. The molecule has 6 nitrogen and oxygen atoms in total. The zero-order valence-corrected chi connectivity index (χ0v) is 11.3. The van der Waals surface area contributed by atoms with Gasteiger partial charge in [-0.2, -0.15) is 0 Å². The van der Waals surface area contributed by atoms with Crippen LogP contribution in [-0.2, 0) is 11.3 Å². The Labute approximate surface area is 106 Å². The van der Waals surface area contributed by atoms with Crippen molar-refractivity contribution in [2.24, 2.45) is 0 Å². The van der Waals surface area contributed by atoms with E-state index >= 15 is 0 Å². The zero-order chi connectivity index (χ0) is 13.3. The lowest BCUT2D eigenvalue weighted by Gasteiger charge is -2.15. The number of hydrogen-bond donors (Lipinski definition) is 1. The fourth-order valence-electron chi connectivity index (χ4n) is 1.52. The van der Waals surface area contributed by atoms with Crippen LogP contribution in [0, 0.1) is 6.92 Å². The van der Waals surface area contributed by atoms with Crippen LogP contribution in [0.15, 0.2) is 14.1 Å². The van der Waals surface area contributed by atoms with Gasteiger partial charge in [0.25, 0.3) is 5.56 Å². The number of halogens is 1. The molecule has 0 bridgehead atoms. The zero-order valence-electron chi connectivity index (χ0n) is 9.73. The molecule has 0 fully saturated rings. The van der Waals surface area contributed by atoms with Gasteiger partial charge in [-0.1, -0.05) is 0 Å². The van der Waals surface area contributed by atoms with Gasteiger partial charge in [0.15, 0.2) is 0 Å². The van der Waals surface area contributed by atoms with Crippen molar-refractivity contribution in [2.75, 3.05) is 0 Å². The van der Waals surface area contributed by atoms with Gasteiger partial charge in [-0.25, -0.2) is 4.79 Å². The van der Waals surface area contributed by atoms with E-state index in [0.717, 1.165) is 9.13 Å². The second-order valence-electron chi connectivity index (χ2n) is 3.93. The van der Waals surface area contributed by atoms with E-state index in [1.54, 1.807) is 13.8 Å². The molecule has 0 saturated heterocycles. The molecule has 0 aliphatic carbocycles. The van der Waals surface area contributed by atoms with Crippen molar-refractivity contribution in [3.8, 4) is 0 Å². The maximum Gasteiger partial charge on any atom is 0.332 e. The van der Waals surface area contributed by atoms with Crippen molar-refractivity contribution in [2.45, 2.75) is 33.4 Å². The van der Waals surface area contributed by atoms with Gasteiger partial charge < -0.3 is 5.11 Å². The van der Waals surface area contributed by atoms with Crippen LogP contribution >= 0.6 is 15.9 Å². The molecule has 0 aliphatic rings. The number of carboxylic acids is 1. The van der Waals surface area contributed by atoms with Gasteiger partial charge in [0, 0.05) is 11.7 Å². The largest absolute Gasteiger partial charge is 0.480 e. The maximum absolute atomic E-state index is 12.0. The first kappa shape index (κ1) is 13.7. The summed E-state index contributed by atoms with van der Waals surface area (Å²) in [6, 6.07) is -0.327. The highest BCUT2D eigenvalue weighted by Crippen LogP contribution is 2.09. The van der Waals surface area contributed by atoms with Crippen molar-refractivity contribution in [3.63, 3.8) is 0 Å². The molecule has 1 rings (SSSR count). The lowest BCUT2D eigenvalue weighted by molar-refractivity contribution is -0.137. The van der Waals surface area contributed by atoms with Gasteiger partial charge in [-0.05, 0) is 36.7 Å². The molecule has 7 heteroatoms. The first-order chi connectivity index (χ1) is 7.77. The van der Waals surface area contributed by atoms with E-state index in [9.17, 15) is 14.4 Å². The van der Waals surface area contributed by atoms with Crippen LogP contribution in [0.3, 0.4) is 0 Å².